The van der Waals surface area contributed by atoms with Gasteiger partial charge in [-0.15, -0.1) is 0 Å². The summed E-state index contributed by atoms with van der Waals surface area (Å²) in [4.78, 5) is 38.1. The molecule has 3 heterocycles. The molecule has 0 aromatic carbocycles. The van der Waals surface area contributed by atoms with Crippen molar-refractivity contribution in [2.45, 2.75) is 58.0 Å². The lowest BCUT2D eigenvalue weighted by Crippen LogP contribution is -2.36. The number of carbonyl (C=O) groups excluding carboxylic acids is 1. The van der Waals surface area contributed by atoms with Gasteiger partial charge >= 0.3 is 24.3 Å². The first-order valence-corrected chi connectivity index (χ1v) is 12.8. The fraction of sp³-hybridized carbons (Fsp3) is 0.538. The smallest absolute Gasteiger partial charge is 0.475 e. The van der Waals surface area contributed by atoms with E-state index in [0.717, 1.165) is 48.9 Å². The Labute approximate surface area is 231 Å². The van der Waals surface area contributed by atoms with Crippen LogP contribution in [0.1, 0.15) is 47.4 Å². The first kappa shape index (κ1) is 31.9. The molecular formula is C26H30F6N4O5. The molecule has 0 saturated heterocycles. The molecule has 3 aliphatic rings. The number of carboxylic acid groups (broad SMARTS) is 2. The van der Waals surface area contributed by atoms with E-state index in [1.54, 1.807) is 0 Å². The van der Waals surface area contributed by atoms with Crippen LogP contribution in [0.25, 0.3) is 11.3 Å². The molecule has 5 rings (SSSR count). The van der Waals surface area contributed by atoms with Crippen LogP contribution in [0.15, 0.2) is 24.4 Å². The van der Waals surface area contributed by atoms with Gasteiger partial charge in [0.05, 0.1) is 11.3 Å². The van der Waals surface area contributed by atoms with Crippen LogP contribution in [-0.2, 0) is 22.7 Å². The normalized spacial score (nSPS) is 16.9. The van der Waals surface area contributed by atoms with Crippen LogP contribution in [-0.4, -0.2) is 74.5 Å². The molecule has 1 aliphatic heterocycles. The number of halogens is 6. The molecule has 2 aromatic heterocycles. The lowest BCUT2D eigenvalue weighted by molar-refractivity contribution is -0.193. The Kier molecular flexibility index (Phi) is 10.0. The Hall–Kier alpha value is -3.62. The van der Waals surface area contributed by atoms with Gasteiger partial charge in [0.15, 0.2) is 0 Å². The highest BCUT2D eigenvalue weighted by atomic mass is 19.4. The van der Waals surface area contributed by atoms with Crippen LogP contribution in [0.4, 0.5) is 26.3 Å². The SMILES string of the molecule is Cc1c(-c2ccccn2)c(C(=O)NCC2CC2)c2n1CCN(CC1CC1)C2.O=C(O)C(F)(F)F.O=C(O)C(F)(F)F. The van der Waals surface area contributed by atoms with Gasteiger partial charge in [-0.3, -0.25) is 14.7 Å². The van der Waals surface area contributed by atoms with Crippen LogP contribution in [0, 0.1) is 18.8 Å². The van der Waals surface area contributed by atoms with Gasteiger partial charge in [-0.05, 0) is 56.6 Å². The fourth-order valence-electron chi connectivity index (χ4n) is 4.33. The summed E-state index contributed by atoms with van der Waals surface area (Å²) in [5.41, 5.74) is 5.13. The second kappa shape index (κ2) is 12.9. The maximum Gasteiger partial charge on any atom is 0.490 e. The molecule has 0 bridgehead atoms. The zero-order valence-electron chi connectivity index (χ0n) is 22.1. The number of alkyl halides is 6. The average molecular weight is 593 g/mol. The molecule has 41 heavy (non-hydrogen) atoms. The Morgan fingerprint density at radius 2 is 1.51 bits per heavy atom. The second-order valence-electron chi connectivity index (χ2n) is 10.1. The number of hydrogen-bond acceptors (Lipinski definition) is 5. The highest BCUT2D eigenvalue weighted by Gasteiger charge is 2.39. The van der Waals surface area contributed by atoms with Crippen molar-refractivity contribution in [3.05, 3.63) is 41.3 Å². The Bertz CT molecular complexity index is 1210. The zero-order chi connectivity index (χ0) is 30.5. The minimum Gasteiger partial charge on any atom is -0.475 e. The number of rotatable bonds is 6. The zero-order valence-corrected chi connectivity index (χ0v) is 22.1. The van der Waals surface area contributed by atoms with E-state index >= 15 is 0 Å². The van der Waals surface area contributed by atoms with Gasteiger partial charge < -0.3 is 20.1 Å². The van der Waals surface area contributed by atoms with Gasteiger partial charge in [0.25, 0.3) is 5.91 Å². The van der Waals surface area contributed by atoms with E-state index in [9.17, 15) is 31.1 Å². The number of amides is 1. The molecule has 2 saturated carbocycles. The molecule has 2 aromatic rings. The summed E-state index contributed by atoms with van der Waals surface area (Å²) in [6, 6.07) is 5.96. The minimum absolute atomic E-state index is 0.0766. The van der Waals surface area contributed by atoms with Crippen molar-refractivity contribution in [3.63, 3.8) is 0 Å². The first-order valence-electron chi connectivity index (χ1n) is 12.8. The third-order valence-electron chi connectivity index (χ3n) is 6.74. The van der Waals surface area contributed by atoms with E-state index < -0.39 is 24.3 Å². The van der Waals surface area contributed by atoms with Crippen LogP contribution in [0.3, 0.4) is 0 Å². The van der Waals surface area contributed by atoms with Crippen molar-refractivity contribution in [2.24, 2.45) is 11.8 Å². The van der Waals surface area contributed by atoms with Crippen molar-refractivity contribution in [1.29, 1.82) is 0 Å². The van der Waals surface area contributed by atoms with Crippen molar-refractivity contribution in [1.82, 2.24) is 19.8 Å². The molecule has 226 valence electrons. The van der Waals surface area contributed by atoms with E-state index in [1.165, 1.54) is 43.6 Å². The van der Waals surface area contributed by atoms with Gasteiger partial charge in [0.2, 0.25) is 0 Å². The van der Waals surface area contributed by atoms with Gasteiger partial charge in [0, 0.05) is 55.9 Å². The number of pyridine rings is 1. The van der Waals surface area contributed by atoms with Gasteiger partial charge in [-0.1, -0.05) is 6.07 Å². The number of aliphatic carboxylic acids is 2. The van der Waals surface area contributed by atoms with Crippen molar-refractivity contribution in [3.8, 4) is 11.3 Å². The number of carboxylic acids is 2. The summed E-state index contributed by atoms with van der Waals surface area (Å²) >= 11 is 0. The largest absolute Gasteiger partial charge is 0.490 e. The third-order valence-corrected chi connectivity index (χ3v) is 6.74. The van der Waals surface area contributed by atoms with Crippen LogP contribution < -0.4 is 5.32 Å². The summed E-state index contributed by atoms with van der Waals surface area (Å²) in [5.74, 6) is -3.89. The standard InChI is InChI=1S/C22H28N4O.2C2HF3O2/c1-15-20(18-4-2-3-9-23-18)21(22(27)24-12-16-5-6-16)19-14-25(10-11-26(15)19)13-17-7-8-17;2*3-2(4,5)1(6)7/h2-4,9,16-17H,5-8,10-14H2,1H3,(H,24,27);2*(H,6,7). The molecule has 2 aliphatic carbocycles. The fourth-order valence-corrected chi connectivity index (χ4v) is 4.33. The number of nitrogens with zero attached hydrogens (tertiary/aromatic N) is 3. The molecule has 9 nitrogen and oxygen atoms in total. The number of hydrogen-bond donors (Lipinski definition) is 3. The van der Waals surface area contributed by atoms with Crippen LogP contribution in [0.5, 0.6) is 0 Å². The molecular weight excluding hydrogens is 562 g/mol. The summed E-state index contributed by atoms with van der Waals surface area (Å²) in [5, 5.41) is 17.5. The molecule has 2 fully saturated rings. The molecule has 0 atom stereocenters. The van der Waals surface area contributed by atoms with E-state index in [4.69, 9.17) is 19.8 Å². The molecule has 3 N–H and O–H groups in total. The molecule has 0 spiro atoms. The summed E-state index contributed by atoms with van der Waals surface area (Å²) in [6.07, 6.45) is -3.13. The maximum atomic E-state index is 13.2. The van der Waals surface area contributed by atoms with Gasteiger partial charge in [-0.2, -0.15) is 26.3 Å². The molecule has 1 amide bonds. The average Bonchev–Trinajstić information content (AvgIpc) is 3.82. The number of fused-ring (bicyclic) bond motifs is 1. The number of nitrogens with one attached hydrogen (secondary N) is 1. The minimum atomic E-state index is -5.08. The van der Waals surface area contributed by atoms with E-state index in [1.807, 2.05) is 24.4 Å². The van der Waals surface area contributed by atoms with Gasteiger partial charge in [-0.25, -0.2) is 9.59 Å². The summed E-state index contributed by atoms with van der Waals surface area (Å²) in [6.45, 7) is 7.02. The number of carbonyl (C=O) groups is 3. The Morgan fingerprint density at radius 1 is 0.951 bits per heavy atom. The lowest BCUT2D eigenvalue weighted by Gasteiger charge is -2.29. The van der Waals surface area contributed by atoms with E-state index in [2.05, 4.69) is 26.7 Å². The quantitative estimate of drug-likeness (QED) is 0.422. The third kappa shape index (κ3) is 9.20. The highest BCUT2D eigenvalue weighted by molar-refractivity contribution is 6.02. The van der Waals surface area contributed by atoms with Crippen molar-refractivity contribution in [2.75, 3.05) is 19.6 Å². The maximum absolute atomic E-state index is 13.2. The Balaban J connectivity index is 0.000000276. The van der Waals surface area contributed by atoms with E-state index in [0.29, 0.717) is 5.92 Å². The van der Waals surface area contributed by atoms with Crippen LogP contribution in [0.2, 0.25) is 0 Å². The van der Waals surface area contributed by atoms with Gasteiger partial charge in [0.1, 0.15) is 0 Å². The second-order valence-corrected chi connectivity index (χ2v) is 10.1. The molecule has 0 unspecified atom stereocenters. The summed E-state index contributed by atoms with van der Waals surface area (Å²) in [7, 11) is 0. The monoisotopic (exact) mass is 592 g/mol. The highest BCUT2D eigenvalue weighted by Crippen LogP contribution is 2.36. The van der Waals surface area contributed by atoms with Crippen LogP contribution >= 0.6 is 0 Å². The molecule has 15 heteroatoms. The Morgan fingerprint density at radius 3 is 1.98 bits per heavy atom. The lowest BCUT2D eigenvalue weighted by atomic mass is 10.0. The molecule has 0 radical (unpaired) electrons. The predicted molar refractivity (Wildman–Crippen MR) is 133 cm³/mol. The summed E-state index contributed by atoms with van der Waals surface area (Å²) < 4.78 is 65.8. The topological polar surface area (TPSA) is 125 Å². The predicted octanol–water partition coefficient (Wildman–Crippen LogP) is 4.49. The first-order chi connectivity index (χ1) is 19.1. The van der Waals surface area contributed by atoms with Crippen molar-refractivity contribution >= 4 is 17.8 Å². The number of aromatic nitrogens is 2. The van der Waals surface area contributed by atoms with E-state index in [-0.39, 0.29) is 5.91 Å². The van der Waals surface area contributed by atoms with Crippen molar-refractivity contribution < 1.29 is 50.9 Å².